The van der Waals surface area contributed by atoms with Gasteiger partial charge in [-0.15, -0.1) is 0 Å². The molecule has 0 radical (unpaired) electrons. The molecule has 16 heavy (non-hydrogen) atoms. The summed E-state index contributed by atoms with van der Waals surface area (Å²) in [6.07, 6.45) is 0.813. The van der Waals surface area contributed by atoms with E-state index in [1.807, 2.05) is 0 Å². The van der Waals surface area contributed by atoms with Crippen LogP contribution < -0.4 is 0 Å². The third-order valence-electron chi connectivity index (χ3n) is 2.82. The number of hydrogen-bond donors (Lipinski definition) is 2. The summed E-state index contributed by atoms with van der Waals surface area (Å²) < 4.78 is 0. The van der Waals surface area contributed by atoms with E-state index in [-0.39, 0.29) is 12.5 Å². The zero-order valence-electron chi connectivity index (χ0n) is 9.99. The molecule has 5 nitrogen and oxygen atoms in total. The Hall–Kier alpha value is -1.10. The van der Waals surface area contributed by atoms with E-state index < -0.39 is 17.0 Å². The van der Waals surface area contributed by atoms with Crippen molar-refractivity contribution in [2.24, 2.45) is 5.41 Å². The maximum atomic E-state index is 12.0. The van der Waals surface area contributed by atoms with E-state index in [4.69, 9.17) is 5.11 Å². The Morgan fingerprint density at radius 1 is 1.38 bits per heavy atom. The van der Waals surface area contributed by atoms with Gasteiger partial charge in [0, 0.05) is 13.1 Å². The Labute approximate surface area is 95.1 Å². The van der Waals surface area contributed by atoms with E-state index in [0.29, 0.717) is 19.4 Å². The fraction of sp³-hybridized carbons (Fsp3) is 0.818. The topological polar surface area (TPSA) is 77.8 Å². The minimum absolute atomic E-state index is 0.164. The zero-order chi connectivity index (χ0) is 12.6. The SMILES string of the molecule is CCN(CC(C)(C)O)C(=O)C1(C(=O)O)CC1. The van der Waals surface area contributed by atoms with Gasteiger partial charge in [0.05, 0.1) is 5.60 Å². The molecule has 1 fully saturated rings. The molecular weight excluding hydrogens is 210 g/mol. The van der Waals surface area contributed by atoms with Gasteiger partial charge in [0.2, 0.25) is 5.91 Å². The highest BCUT2D eigenvalue weighted by molar-refractivity contribution is 6.04. The normalized spacial score (nSPS) is 18.0. The van der Waals surface area contributed by atoms with Crippen molar-refractivity contribution in [1.82, 2.24) is 4.90 Å². The summed E-state index contributed by atoms with van der Waals surface area (Å²) in [4.78, 5) is 24.4. The lowest BCUT2D eigenvalue weighted by molar-refractivity contribution is -0.154. The molecule has 0 unspecified atom stereocenters. The monoisotopic (exact) mass is 229 g/mol. The summed E-state index contributed by atoms with van der Waals surface area (Å²) in [5.41, 5.74) is -2.21. The number of nitrogens with zero attached hydrogens (tertiary/aromatic N) is 1. The van der Waals surface area contributed by atoms with Gasteiger partial charge in [-0.1, -0.05) is 0 Å². The van der Waals surface area contributed by atoms with Crippen molar-refractivity contribution in [1.29, 1.82) is 0 Å². The molecule has 1 saturated carbocycles. The Kier molecular flexibility index (Phi) is 3.28. The van der Waals surface area contributed by atoms with Gasteiger partial charge in [-0.05, 0) is 33.6 Å². The van der Waals surface area contributed by atoms with Crippen LogP contribution in [0.15, 0.2) is 0 Å². The van der Waals surface area contributed by atoms with E-state index in [0.717, 1.165) is 0 Å². The average Bonchev–Trinajstić information content (AvgIpc) is 2.92. The molecule has 0 heterocycles. The van der Waals surface area contributed by atoms with Gasteiger partial charge in [-0.3, -0.25) is 9.59 Å². The fourth-order valence-corrected chi connectivity index (χ4v) is 1.74. The summed E-state index contributed by atoms with van der Waals surface area (Å²) in [7, 11) is 0. The van der Waals surface area contributed by atoms with Crippen LogP contribution in [0.2, 0.25) is 0 Å². The Balaban J connectivity index is 2.75. The number of hydrogen-bond acceptors (Lipinski definition) is 3. The number of carboxylic acids is 1. The van der Waals surface area contributed by atoms with E-state index >= 15 is 0 Å². The summed E-state index contributed by atoms with van der Waals surface area (Å²) in [5, 5.41) is 18.7. The van der Waals surface area contributed by atoms with Gasteiger partial charge in [0.1, 0.15) is 5.41 Å². The lowest BCUT2D eigenvalue weighted by Gasteiger charge is -2.30. The quantitative estimate of drug-likeness (QED) is 0.672. The van der Waals surface area contributed by atoms with Crippen molar-refractivity contribution in [3.8, 4) is 0 Å². The molecule has 0 bridgehead atoms. The standard InChI is InChI=1S/C11H19NO4/c1-4-12(7-10(2,3)16)8(13)11(5-6-11)9(14)15/h16H,4-7H2,1-3H3,(H,14,15). The number of carbonyl (C=O) groups excluding carboxylic acids is 1. The lowest BCUT2D eigenvalue weighted by Crippen LogP contribution is -2.47. The van der Waals surface area contributed by atoms with E-state index in [9.17, 15) is 14.7 Å². The first kappa shape index (κ1) is 13.0. The lowest BCUT2D eigenvalue weighted by atomic mass is 10.0. The third-order valence-corrected chi connectivity index (χ3v) is 2.82. The van der Waals surface area contributed by atoms with Crippen LogP contribution in [0.3, 0.4) is 0 Å². The van der Waals surface area contributed by atoms with Gasteiger partial charge in [-0.2, -0.15) is 0 Å². The first-order valence-electron chi connectivity index (χ1n) is 5.48. The van der Waals surface area contributed by atoms with Gasteiger partial charge in [0.15, 0.2) is 0 Å². The molecule has 0 saturated heterocycles. The zero-order valence-corrected chi connectivity index (χ0v) is 9.99. The third kappa shape index (κ3) is 2.52. The number of carbonyl (C=O) groups is 2. The van der Waals surface area contributed by atoms with Crippen molar-refractivity contribution in [2.75, 3.05) is 13.1 Å². The average molecular weight is 229 g/mol. The molecular formula is C11H19NO4. The molecule has 0 aromatic rings. The Morgan fingerprint density at radius 2 is 1.88 bits per heavy atom. The highest BCUT2D eigenvalue weighted by Gasteiger charge is 2.58. The smallest absolute Gasteiger partial charge is 0.319 e. The maximum Gasteiger partial charge on any atom is 0.319 e. The predicted molar refractivity (Wildman–Crippen MR) is 57.9 cm³/mol. The number of amides is 1. The van der Waals surface area contributed by atoms with Crippen molar-refractivity contribution in [2.45, 2.75) is 39.2 Å². The van der Waals surface area contributed by atoms with Gasteiger partial charge < -0.3 is 15.1 Å². The molecule has 1 aliphatic carbocycles. The molecule has 2 N–H and O–H groups in total. The van der Waals surface area contributed by atoms with Crippen LogP contribution >= 0.6 is 0 Å². The minimum atomic E-state index is -1.21. The summed E-state index contributed by atoms with van der Waals surface area (Å²) >= 11 is 0. The second-order valence-electron chi connectivity index (χ2n) is 5.02. The predicted octanol–water partition coefficient (Wildman–Crippen LogP) is 0.471. The first-order valence-corrected chi connectivity index (χ1v) is 5.48. The van der Waals surface area contributed by atoms with Crippen molar-refractivity contribution >= 4 is 11.9 Å². The molecule has 0 atom stereocenters. The molecule has 1 aliphatic rings. The van der Waals surface area contributed by atoms with Crippen molar-refractivity contribution in [3.05, 3.63) is 0 Å². The molecule has 1 rings (SSSR count). The molecule has 92 valence electrons. The summed E-state index contributed by atoms with van der Waals surface area (Å²) in [6.45, 7) is 5.56. The molecule has 0 aromatic heterocycles. The highest BCUT2D eigenvalue weighted by Crippen LogP contribution is 2.47. The van der Waals surface area contributed by atoms with Crippen molar-refractivity contribution < 1.29 is 19.8 Å². The molecule has 0 aromatic carbocycles. The number of rotatable bonds is 5. The molecule has 5 heteroatoms. The van der Waals surface area contributed by atoms with Crippen LogP contribution in [0, 0.1) is 5.41 Å². The number of carboxylic acid groups (broad SMARTS) is 1. The van der Waals surface area contributed by atoms with E-state index in [2.05, 4.69) is 0 Å². The highest BCUT2D eigenvalue weighted by atomic mass is 16.4. The molecule has 0 spiro atoms. The largest absolute Gasteiger partial charge is 0.480 e. The Morgan fingerprint density at radius 3 is 2.12 bits per heavy atom. The maximum absolute atomic E-state index is 12.0. The fourth-order valence-electron chi connectivity index (χ4n) is 1.74. The van der Waals surface area contributed by atoms with Gasteiger partial charge in [-0.25, -0.2) is 0 Å². The van der Waals surface area contributed by atoms with E-state index in [1.165, 1.54) is 4.90 Å². The van der Waals surface area contributed by atoms with Crippen LogP contribution in [0.25, 0.3) is 0 Å². The number of aliphatic carboxylic acids is 1. The van der Waals surface area contributed by atoms with Crippen LogP contribution in [-0.2, 0) is 9.59 Å². The molecule has 1 amide bonds. The number of aliphatic hydroxyl groups is 1. The Bertz CT molecular complexity index is 302. The second-order valence-corrected chi connectivity index (χ2v) is 5.02. The van der Waals surface area contributed by atoms with Crippen LogP contribution in [0.5, 0.6) is 0 Å². The minimum Gasteiger partial charge on any atom is -0.480 e. The second kappa shape index (κ2) is 4.05. The van der Waals surface area contributed by atoms with Gasteiger partial charge in [0.25, 0.3) is 0 Å². The van der Waals surface area contributed by atoms with Crippen LogP contribution in [0.1, 0.15) is 33.6 Å². The van der Waals surface area contributed by atoms with Crippen molar-refractivity contribution in [3.63, 3.8) is 0 Å². The summed E-state index contributed by atoms with van der Waals surface area (Å²) in [6, 6.07) is 0. The van der Waals surface area contributed by atoms with Gasteiger partial charge >= 0.3 is 5.97 Å². The first-order chi connectivity index (χ1) is 7.23. The van der Waals surface area contributed by atoms with Crippen LogP contribution in [-0.4, -0.2) is 45.7 Å². The van der Waals surface area contributed by atoms with Crippen LogP contribution in [0.4, 0.5) is 0 Å². The molecule has 0 aliphatic heterocycles. The number of likely N-dealkylation sites (N-methyl/N-ethyl adjacent to an activating group) is 1. The summed E-state index contributed by atoms with van der Waals surface area (Å²) in [5.74, 6) is -1.42. The van der Waals surface area contributed by atoms with E-state index in [1.54, 1.807) is 20.8 Å².